The zero-order valence-corrected chi connectivity index (χ0v) is 11.9. The van der Waals surface area contributed by atoms with Crippen molar-refractivity contribution in [3.63, 3.8) is 0 Å². The van der Waals surface area contributed by atoms with Crippen molar-refractivity contribution in [2.75, 3.05) is 0 Å². The first-order valence-corrected chi connectivity index (χ1v) is 7.69. The Morgan fingerprint density at radius 2 is 1.81 bits per heavy atom. The first-order valence-electron chi connectivity index (χ1n) is 6.87. The van der Waals surface area contributed by atoms with Gasteiger partial charge < -0.3 is 0 Å². The summed E-state index contributed by atoms with van der Waals surface area (Å²) >= 11 is 2.03. The minimum absolute atomic E-state index is 0.910. The summed E-state index contributed by atoms with van der Waals surface area (Å²) in [4.78, 5) is 3.18. The molecule has 16 heavy (non-hydrogen) atoms. The van der Waals surface area contributed by atoms with Gasteiger partial charge in [0.15, 0.2) is 0 Å². The van der Waals surface area contributed by atoms with Crippen molar-refractivity contribution in [2.24, 2.45) is 5.92 Å². The third kappa shape index (κ3) is 4.69. The van der Waals surface area contributed by atoms with E-state index >= 15 is 0 Å². The normalized spacial score (nSPS) is 12.9. The molecule has 1 rings (SSSR count). The van der Waals surface area contributed by atoms with Crippen LogP contribution in [0.5, 0.6) is 0 Å². The molecule has 1 heteroatoms. The van der Waals surface area contributed by atoms with Crippen LogP contribution in [-0.2, 0) is 12.8 Å². The molecule has 1 atom stereocenters. The van der Waals surface area contributed by atoms with Gasteiger partial charge in [-0.25, -0.2) is 0 Å². The van der Waals surface area contributed by atoms with E-state index in [1.165, 1.54) is 44.9 Å². The molecule has 0 nitrogen and oxygen atoms in total. The first-order chi connectivity index (χ1) is 7.80. The van der Waals surface area contributed by atoms with Gasteiger partial charge in [-0.15, -0.1) is 11.3 Å². The highest BCUT2D eigenvalue weighted by Gasteiger charge is 2.08. The fraction of sp³-hybridized carbons (Fsp3) is 0.733. The van der Waals surface area contributed by atoms with Crippen LogP contribution in [0.3, 0.4) is 0 Å². The van der Waals surface area contributed by atoms with E-state index in [2.05, 4.69) is 32.9 Å². The summed E-state index contributed by atoms with van der Waals surface area (Å²) in [6.45, 7) is 6.88. The van der Waals surface area contributed by atoms with Crippen LogP contribution in [0.2, 0.25) is 0 Å². The average Bonchev–Trinajstić information content (AvgIpc) is 2.72. The summed E-state index contributed by atoms with van der Waals surface area (Å²) < 4.78 is 0. The van der Waals surface area contributed by atoms with E-state index in [9.17, 15) is 0 Å². The fourth-order valence-corrected chi connectivity index (χ4v) is 3.37. The second-order valence-corrected chi connectivity index (χ2v) is 5.99. The monoisotopic (exact) mass is 238 g/mol. The van der Waals surface area contributed by atoms with Gasteiger partial charge in [-0.2, -0.15) is 0 Å². The van der Waals surface area contributed by atoms with Gasteiger partial charge >= 0.3 is 0 Å². The van der Waals surface area contributed by atoms with Crippen LogP contribution in [0.1, 0.15) is 62.6 Å². The molecule has 1 unspecified atom stereocenters. The van der Waals surface area contributed by atoms with Crippen molar-refractivity contribution >= 4 is 11.3 Å². The molecule has 1 heterocycles. The molecule has 0 aromatic carbocycles. The van der Waals surface area contributed by atoms with E-state index in [0.29, 0.717) is 0 Å². The largest absolute Gasteiger partial charge is 0.145 e. The van der Waals surface area contributed by atoms with Gasteiger partial charge in [-0.1, -0.05) is 52.9 Å². The summed E-state index contributed by atoms with van der Waals surface area (Å²) in [5, 5.41) is 0. The highest BCUT2D eigenvalue weighted by molar-refractivity contribution is 7.11. The lowest BCUT2D eigenvalue weighted by Gasteiger charge is -2.12. The summed E-state index contributed by atoms with van der Waals surface area (Å²) in [5.41, 5.74) is 0. The van der Waals surface area contributed by atoms with Crippen molar-refractivity contribution < 1.29 is 0 Å². The van der Waals surface area contributed by atoms with E-state index < -0.39 is 0 Å². The standard InChI is InChI=1S/C15H26S/c1-4-7-9-13(6-3)12-15-11-10-14(16-15)8-5-2/h10-11,13H,4-9,12H2,1-3H3. The molecule has 0 amide bonds. The smallest absolute Gasteiger partial charge is 0.00509 e. The maximum Gasteiger partial charge on any atom is 0.00509 e. The number of aryl methyl sites for hydroxylation is 1. The Hall–Kier alpha value is -0.300. The Morgan fingerprint density at radius 3 is 2.44 bits per heavy atom. The van der Waals surface area contributed by atoms with Crippen molar-refractivity contribution in [2.45, 2.75) is 65.7 Å². The molecule has 0 aliphatic carbocycles. The second-order valence-electron chi connectivity index (χ2n) is 4.74. The average molecular weight is 238 g/mol. The van der Waals surface area contributed by atoms with E-state index in [1.54, 1.807) is 9.75 Å². The van der Waals surface area contributed by atoms with Crippen LogP contribution in [0.25, 0.3) is 0 Å². The molecular formula is C15H26S. The molecule has 0 saturated carbocycles. The molecule has 0 fully saturated rings. The second kappa shape index (κ2) is 7.89. The van der Waals surface area contributed by atoms with Crippen molar-refractivity contribution in [3.8, 4) is 0 Å². The van der Waals surface area contributed by atoms with Gasteiger partial charge in [-0.05, 0) is 30.9 Å². The Morgan fingerprint density at radius 1 is 1.06 bits per heavy atom. The molecule has 0 bridgehead atoms. The maximum atomic E-state index is 2.35. The number of thiophene rings is 1. The van der Waals surface area contributed by atoms with E-state index in [4.69, 9.17) is 0 Å². The molecule has 1 aromatic rings. The van der Waals surface area contributed by atoms with Gasteiger partial charge in [0.05, 0.1) is 0 Å². The predicted octanol–water partition coefficient (Wildman–Crippen LogP) is 5.46. The van der Waals surface area contributed by atoms with E-state index in [0.717, 1.165) is 5.92 Å². The minimum atomic E-state index is 0.910. The van der Waals surface area contributed by atoms with Crippen LogP contribution >= 0.6 is 11.3 Å². The minimum Gasteiger partial charge on any atom is -0.145 e. The van der Waals surface area contributed by atoms with Crippen LogP contribution in [-0.4, -0.2) is 0 Å². The fourth-order valence-electron chi connectivity index (χ4n) is 2.14. The predicted molar refractivity (Wildman–Crippen MR) is 75.3 cm³/mol. The molecule has 0 radical (unpaired) electrons. The molecular weight excluding hydrogens is 212 g/mol. The Bertz CT molecular complexity index is 275. The molecule has 0 spiro atoms. The molecule has 1 aromatic heterocycles. The van der Waals surface area contributed by atoms with Gasteiger partial charge in [0.25, 0.3) is 0 Å². The van der Waals surface area contributed by atoms with E-state index in [-0.39, 0.29) is 0 Å². The summed E-state index contributed by atoms with van der Waals surface area (Å²) in [5.74, 6) is 0.910. The number of rotatable bonds is 8. The van der Waals surface area contributed by atoms with Gasteiger partial charge in [-0.3, -0.25) is 0 Å². The molecule has 92 valence electrons. The lowest BCUT2D eigenvalue weighted by Crippen LogP contribution is -2.01. The third-order valence-corrected chi connectivity index (χ3v) is 4.41. The van der Waals surface area contributed by atoms with Crippen LogP contribution in [0.4, 0.5) is 0 Å². The highest BCUT2D eigenvalue weighted by atomic mass is 32.1. The van der Waals surface area contributed by atoms with Gasteiger partial charge in [0, 0.05) is 9.75 Å². The number of hydrogen-bond donors (Lipinski definition) is 0. The van der Waals surface area contributed by atoms with Crippen molar-refractivity contribution in [1.29, 1.82) is 0 Å². The summed E-state index contributed by atoms with van der Waals surface area (Å²) in [6.07, 6.45) is 9.32. The third-order valence-electron chi connectivity index (χ3n) is 3.25. The van der Waals surface area contributed by atoms with Crippen LogP contribution in [0.15, 0.2) is 12.1 Å². The SMILES string of the molecule is CCCCC(CC)Cc1ccc(CCC)s1. The van der Waals surface area contributed by atoms with Crippen LogP contribution < -0.4 is 0 Å². The van der Waals surface area contributed by atoms with Crippen molar-refractivity contribution in [1.82, 2.24) is 0 Å². The lowest BCUT2D eigenvalue weighted by atomic mass is 9.95. The van der Waals surface area contributed by atoms with Gasteiger partial charge in [0.1, 0.15) is 0 Å². The summed E-state index contributed by atoms with van der Waals surface area (Å²) in [6, 6.07) is 4.68. The lowest BCUT2D eigenvalue weighted by molar-refractivity contribution is 0.452. The zero-order chi connectivity index (χ0) is 11.8. The van der Waals surface area contributed by atoms with Crippen LogP contribution in [0, 0.1) is 5.92 Å². The van der Waals surface area contributed by atoms with Gasteiger partial charge in [0.2, 0.25) is 0 Å². The Labute approximate surface area is 105 Å². The molecule has 0 N–H and O–H groups in total. The number of hydrogen-bond acceptors (Lipinski definition) is 1. The van der Waals surface area contributed by atoms with E-state index in [1.807, 2.05) is 11.3 Å². The topological polar surface area (TPSA) is 0 Å². The zero-order valence-electron chi connectivity index (χ0n) is 11.1. The first kappa shape index (κ1) is 13.8. The molecule has 0 saturated heterocycles. The molecule has 0 aliphatic rings. The highest BCUT2D eigenvalue weighted by Crippen LogP contribution is 2.24. The molecule has 0 aliphatic heterocycles. The van der Waals surface area contributed by atoms with Crippen molar-refractivity contribution in [3.05, 3.63) is 21.9 Å². The Balaban J connectivity index is 2.43. The quantitative estimate of drug-likeness (QED) is 0.564. The number of unbranched alkanes of at least 4 members (excludes halogenated alkanes) is 1. The summed E-state index contributed by atoms with van der Waals surface area (Å²) in [7, 11) is 0. The Kier molecular flexibility index (Phi) is 6.79. The maximum absolute atomic E-state index is 2.35.